The summed E-state index contributed by atoms with van der Waals surface area (Å²) in [7, 11) is 0. The maximum absolute atomic E-state index is 12.5. The van der Waals surface area contributed by atoms with Crippen LogP contribution in [0.5, 0.6) is 0 Å². The van der Waals surface area contributed by atoms with Gasteiger partial charge in [0, 0.05) is 13.0 Å². The predicted molar refractivity (Wildman–Crippen MR) is 111 cm³/mol. The van der Waals surface area contributed by atoms with Crippen molar-refractivity contribution < 1.29 is 14.4 Å². The van der Waals surface area contributed by atoms with E-state index < -0.39 is 12.1 Å². The molecule has 8 nitrogen and oxygen atoms in total. The van der Waals surface area contributed by atoms with Crippen molar-refractivity contribution in [1.29, 1.82) is 0 Å². The smallest absolute Gasteiger partial charge is 0.324 e. The SMILES string of the molecule is O=C(CC[C@@H]1NC(=O)N(CCc2ccccc2)C1=O)NCc1nc2ccccc2[nH]1. The Bertz CT molecular complexity index is 1030. The zero-order chi connectivity index (χ0) is 20.9. The molecule has 4 rings (SSSR count). The van der Waals surface area contributed by atoms with Crippen LogP contribution >= 0.6 is 0 Å². The van der Waals surface area contributed by atoms with Gasteiger partial charge in [-0.15, -0.1) is 0 Å². The van der Waals surface area contributed by atoms with Crippen molar-refractivity contribution in [3.05, 3.63) is 66.0 Å². The lowest BCUT2D eigenvalue weighted by Crippen LogP contribution is -2.34. The second-order valence-electron chi connectivity index (χ2n) is 7.24. The number of imidazole rings is 1. The van der Waals surface area contributed by atoms with Gasteiger partial charge in [-0.3, -0.25) is 14.5 Å². The number of nitrogens with zero attached hydrogens (tertiary/aromatic N) is 2. The van der Waals surface area contributed by atoms with Crippen molar-refractivity contribution in [1.82, 2.24) is 25.5 Å². The van der Waals surface area contributed by atoms with Crippen LogP contribution in [0.4, 0.5) is 4.79 Å². The van der Waals surface area contributed by atoms with E-state index in [1.807, 2.05) is 54.6 Å². The molecule has 0 unspecified atom stereocenters. The van der Waals surface area contributed by atoms with Gasteiger partial charge in [0.15, 0.2) is 0 Å². The van der Waals surface area contributed by atoms with E-state index in [1.165, 1.54) is 4.90 Å². The van der Waals surface area contributed by atoms with E-state index in [2.05, 4.69) is 20.6 Å². The highest BCUT2D eigenvalue weighted by atomic mass is 16.2. The topological polar surface area (TPSA) is 107 Å². The summed E-state index contributed by atoms with van der Waals surface area (Å²) in [5.74, 6) is 0.197. The molecule has 2 aromatic carbocycles. The minimum atomic E-state index is -0.662. The van der Waals surface area contributed by atoms with Gasteiger partial charge in [0.2, 0.25) is 5.91 Å². The molecule has 1 fully saturated rings. The predicted octanol–water partition coefficient (Wildman–Crippen LogP) is 2.12. The first-order valence-corrected chi connectivity index (χ1v) is 9.96. The molecule has 30 heavy (non-hydrogen) atoms. The van der Waals surface area contributed by atoms with E-state index >= 15 is 0 Å². The second-order valence-corrected chi connectivity index (χ2v) is 7.24. The normalized spacial score (nSPS) is 16.1. The molecular weight excluding hydrogens is 382 g/mol. The molecule has 1 aliphatic rings. The van der Waals surface area contributed by atoms with Crippen LogP contribution in [0.3, 0.4) is 0 Å². The lowest BCUT2D eigenvalue weighted by atomic mass is 10.1. The standard InChI is InChI=1S/C22H23N5O3/c28-20(23-14-19-24-16-8-4-5-9-17(16)25-19)11-10-18-21(29)27(22(30)26-18)13-12-15-6-2-1-3-7-15/h1-9,18H,10-14H2,(H,23,28)(H,24,25)(H,26,30)/t18-/m0/s1. The molecule has 0 aliphatic carbocycles. The van der Waals surface area contributed by atoms with Crippen molar-refractivity contribution in [2.75, 3.05) is 6.54 Å². The summed E-state index contributed by atoms with van der Waals surface area (Å²) in [6, 6.07) is 16.3. The van der Waals surface area contributed by atoms with E-state index in [0.29, 0.717) is 18.8 Å². The van der Waals surface area contributed by atoms with Crippen LogP contribution in [-0.2, 0) is 22.6 Å². The van der Waals surface area contributed by atoms with Crippen LogP contribution in [0, 0.1) is 0 Å². The van der Waals surface area contributed by atoms with Crippen molar-refractivity contribution in [2.45, 2.75) is 31.8 Å². The van der Waals surface area contributed by atoms with E-state index in [9.17, 15) is 14.4 Å². The highest BCUT2D eigenvalue weighted by Gasteiger charge is 2.37. The molecule has 0 spiro atoms. The van der Waals surface area contributed by atoms with Crippen molar-refractivity contribution >= 4 is 28.9 Å². The van der Waals surface area contributed by atoms with E-state index in [0.717, 1.165) is 16.6 Å². The van der Waals surface area contributed by atoms with Gasteiger partial charge < -0.3 is 15.6 Å². The highest BCUT2D eigenvalue weighted by molar-refractivity contribution is 6.04. The zero-order valence-electron chi connectivity index (χ0n) is 16.4. The molecule has 1 aliphatic heterocycles. The Morgan fingerprint density at radius 1 is 1.07 bits per heavy atom. The summed E-state index contributed by atoms with van der Waals surface area (Å²) in [5, 5.41) is 5.47. The maximum atomic E-state index is 12.5. The molecule has 3 aromatic rings. The number of hydrogen-bond donors (Lipinski definition) is 3. The number of benzene rings is 2. The van der Waals surface area contributed by atoms with Crippen LogP contribution in [-0.4, -0.2) is 45.3 Å². The van der Waals surface area contributed by atoms with Gasteiger partial charge >= 0.3 is 6.03 Å². The first-order chi connectivity index (χ1) is 14.6. The first kappa shape index (κ1) is 19.6. The number of hydrogen-bond acceptors (Lipinski definition) is 4. The summed E-state index contributed by atoms with van der Waals surface area (Å²) in [5.41, 5.74) is 2.82. The molecule has 1 atom stereocenters. The Balaban J connectivity index is 1.23. The molecular formula is C22H23N5O3. The van der Waals surface area contributed by atoms with Crippen LogP contribution in [0.25, 0.3) is 11.0 Å². The Morgan fingerprint density at radius 3 is 2.63 bits per heavy atom. The van der Waals surface area contributed by atoms with Gasteiger partial charge in [0.25, 0.3) is 5.91 Å². The third-order valence-electron chi connectivity index (χ3n) is 5.13. The van der Waals surface area contributed by atoms with E-state index in [4.69, 9.17) is 0 Å². The van der Waals surface area contributed by atoms with Gasteiger partial charge in [-0.1, -0.05) is 42.5 Å². The molecule has 154 valence electrons. The quantitative estimate of drug-likeness (QED) is 0.499. The number of carbonyl (C=O) groups is 3. The van der Waals surface area contributed by atoms with Crippen LogP contribution < -0.4 is 10.6 Å². The number of fused-ring (bicyclic) bond motifs is 1. The summed E-state index contributed by atoms with van der Waals surface area (Å²) < 4.78 is 0. The fraction of sp³-hybridized carbons (Fsp3) is 0.273. The minimum absolute atomic E-state index is 0.142. The molecule has 1 saturated heterocycles. The number of rotatable bonds is 8. The van der Waals surface area contributed by atoms with Crippen LogP contribution in [0.2, 0.25) is 0 Å². The number of carbonyl (C=O) groups excluding carboxylic acids is 3. The number of amides is 4. The number of aromatic amines is 1. The number of aromatic nitrogens is 2. The lowest BCUT2D eigenvalue weighted by Gasteiger charge is -2.13. The minimum Gasteiger partial charge on any atom is -0.349 e. The Morgan fingerprint density at radius 2 is 1.83 bits per heavy atom. The largest absolute Gasteiger partial charge is 0.349 e. The Hall–Kier alpha value is -3.68. The first-order valence-electron chi connectivity index (χ1n) is 9.96. The van der Waals surface area contributed by atoms with Crippen LogP contribution in [0.1, 0.15) is 24.2 Å². The van der Waals surface area contributed by atoms with Gasteiger partial charge in [-0.05, 0) is 30.5 Å². The summed E-state index contributed by atoms with van der Waals surface area (Å²) in [6.45, 7) is 0.602. The van der Waals surface area contributed by atoms with Crippen LogP contribution in [0.15, 0.2) is 54.6 Å². The average molecular weight is 405 g/mol. The maximum Gasteiger partial charge on any atom is 0.324 e. The third kappa shape index (κ3) is 4.48. The second kappa shape index (κ2) is 8.77. The molecule has 2 heterocycles. The third-order valence-corrected chi connectivity index (χ3v) is 5.13. The molecule has 0 bridgehead atoms. The monoisotopic (exact) mass is 405 g/mol. The fourth-order valence-electron chi connectivity index (χ4n) is 3.51. The molecule has 0 radical (unpaired) electrons. The summed E-state index contributed by atoms with van der Waals surface area (Å²) >= 11 is 0. The Labute approximate surface area is 173 Å². The lowest BCUT2D eigenvalue weighted by molar-refractivity contribution is -0.127. The highest BCUT2D eigenvalue weighted by Crippen LogP contribution is 2.13. The number of nitrogens with one attached hydrogen (secondary N) is 3. The van der Waals surface area contributed by atoms with Crippen molar-refractivity contribution in [2.24, 2.45) is 0 Å². The Kier molecular flexibility index (Phi) is 5.74. The molecule has 3 N–H and O–H groups in total. The van der Waals surface area contributed by atoms with E-state index in [1.54, 1.807) is 0 Å². The number of para-hydroxylation sites is 2. The van der Waals surface area contributed by atoms with E-state index in [-0.39, 0.29) is 31.2 Å². The van der Waals surface area contributed by atoms with Gasteiger partial charge in [-0.2, -0.15) is 0 Å². The number of urea groups is 1. The average Bonchev–Trinajstić information content (AvgIpc) is 3.30. The van der Waals surface area contributed by atoms with Gasteiger partial charge in [-0.25, -0.2) is 9.78 Å². The van der Waals surface area contributed by atoms with Gasteiger partial charge in [0.1, 0.15) is 11.9 Å². The summed E-state index contributed by atoms with van der Waals surface area (Å²) in [6.07, 6.45) is 1.01. The zero-order valence-corrected chi connectivity index (χ0v) is 16.4. The molecule has 8 heteroatoms. The molecule has 0 saturated carbocycles. The number of H-pyrrole nitrogens is 1. The summed E-state index contributed by atoms with van der Waals surface area (Å²) in [4.78, 5) is 45.6. The van der Waals surface area contributed by atoms with Crippen molar-refractivity contribution in [3.63, 3.8) is 0 Å². The number of imide groups is 1. The van der Waals surface area contributed by atoms with Crippen molar-refractivity contribution in [3.8, 4) is 0 Å². The van der Waals surface area contributed by atoms with Gasteiger partial charge in [0.05, 0.1) is 17.6 Å². The molecule has 1 aromatic heterocycles. The fourth-order valence-corrected chi connectivity index (χ4v) is 3.51. The molecule has 4 amide bonds.